The van der Waals surface area contributed by atoms with Crippen molar-refractivity contribution in [3.05, 3.63) is 0 Å². The molecule has 1 unspecified atom stereocenters. The van der Waals surface area contributed by atoms with Crippen LogP contribution in [0, 0.1) is 11.3 Å². The second kappa shape index (κ2) is 6.79. The Bertz CT molecular complexity index is 78.8. The van der Waals surface area contributed by atoms with Crippen molar-refractivity contribution < 1.29 is 0 Å². The predicted molar refractivity (Wildman–Crippen MR) is 46.7 cm³/mol. The molecule has 1 atom stereocenters. The minimum Gasteiger partial charge on any atom is -0.313 e. The molecule has 0 fully saturated rings. The van der Waals surface area contributed by atoms with Gasteiger partial charge in [0.05, 0.1) is 0 Å². The van der Waals surface area contributed by atoms with Gasteiger partial charge in [-0.15, -0.1) is 0 Å². The fourth-order valence-corrected chi connectivity index (χ4v) is 1.21. The summed E-state index contributed by atoms with van der Waals surface area (Å²) in [5.41, 5.74) is 0. The molecule has 0 aromatic rings. The lowest BCUT2D eigenvalue weighted by atomic mass is 10.00. The second-order valence-electron chi connectivity index (χ2n) is 3.03. The summed E-state index contributed by atoms with van der Waals surface area (Å²) in [4.78, 5) is 0. The van der Waals surface area contributed by atoms with Crippen LogP contribution in [-0.2, 0) is 0 Å². The molecule has 0 spiro atoms. The van der Waals surface area contributed by atoms with Crippen LogP contribution in [0.25, 0.3) is 0 Å². The van der Waals surface area contributed by atoms with E-state index < -0.39 is 0 Å². The van der Waals surface area contributed by atoms with E-state index in [4.69, 9.17) is 5.41 Å². The fourth-order valence-electron chi connectivity index (χ4n) is 1.21. The van der Waals surface area contributed by atoms with Crippen LogP contribution >= 0.6 is 0 Å². The van der Waals surface area contributed by atoms with Crippen molar-refractivity contribution in [2.24, 2.45) is 5.92 Å². The van der Waals surface area contributed by atoms with Crippen molar-refractivity contribution in [2.75, 3.05) is 0 Å². The van der Waals surface area contributed by atoms with Gasteiger partial charge in [-0.2, -0.15) is 0 Å². The van der Waals surface area contributed by atoms with Gasteiger partial charge >= 0.3 is 0 Å². The number of hydrogen-bond donors (Lipinski definition) is 1. The quantitative estimate of drug-likeness (QED) is 0.433. The Morgan fingerprint density at radius 3 is 2.60 bits per heavy atom. The third-order valence-electron chi connectivity index (χ3n) is 1.83. The molecule has 0 radical (unpaired) electrons. The van der Waals surface area contributed by atoms with E-state index in [1.807, 2.05) is 0 Å². The zero-order valence-corrected chi connectivity index (χ0v) is 7.19. The summed E-state index contributed by atoms with van der Waals surface area (Å²) in [5.74, 6) is 0.866. The Morgan fingerprint density at radius 1 is 1.40 bits per heavy atom. The smallest absolute Gasteiger partial charge is 0.00477 e. The lowest BCUT2D eigenvalue weighted by Crippen LogP contribution is -1.93. The first-order valence-electron chi connectivity index (χ1n) is 4.30. The topological polar surface area (TPSA) is 23.9 Å². The molecule has 0 amide bonds. The maximum atomic E-state index is 6.82. The lowest BCUT2D eigenvalue weighted by molar-refractivity contribution is 0.475. The molecule has 0 aromatic heterocycles. The van der Waals surface area contributed by atoms with Gasteiger partial charge in [-0.05, 0) is 25.0 Å². The van der Waals surface area contributed by atoms with E-state index in [0.29, 0.717) is 0 Å². The molecular formula is C9H19N. The molecule has 10 heavy (non-hydrogen) atoms. The van der Waals surface area contributed by atoms with E-state index in [0.717, 1.165) is 12.3 Å². The first kappa shape index (κ1) is 9.67. The van der Waals surface area contributed by atoms with Crippen molar-refractivity contribution in [2.45, 2.75) is 46.0 Å². The Kier molecular flexibility index (Phi) is 6.56. The normalized spacial score (nSPS) is 13.0. The summed E-state index contributed by atoms with van der Waals surface area (Å²) < 4.78 is 0. The molecule has 0 aliphatic heterocycles. The van der Waals surface area contributed by atoms with Crippen LogP contribution < -0.4 is 0 Å². The number of hydrogen-bond acceptors (Lipinski definition) is 1. The van der Waals surface area contributed by atoms with Gasteiger partial charge in [0.15, 0.2) is 0 Å². The molecule has 1 nitrogen and oxygen atoms in total. The van der Waals surface area contributed by atoms with Gasteiger partial charge in [0.2, 0.25) is 0 Å². The number of rotatable bonds is 6. The third kappa shape index (κ3) is 5.80. The van der Waals surface area contributed by atoms with Gasteiger partial charge in [-0.25, -0.2) is 0 Å². The van der Waals surface area contributed by atoms with E-state index in [2.05, 4.69) is 13.8 Å². The minimum absolute atomic E-state index is 0.866. The molecule has 60 valence electrons. The summed E-state index contributed by atoms with van der Waals surface area (Å²) in [7, 11) is 0. The zero-order chi connectivity index (χ0) is 7.82. The first-order valence-corrected chi connectivity index (χ1v) is 4.30. The van der Waals surface area contributed by atoms with Gasteiger partial charge in [0, 0.05) is 0 Å². The molecule has 0 aliphatic rings. The monoisotopic (exact) mass is 141 g/mol. The van der Waals surface area contributed by atoms with Crippen molar-refractivity contribution in [1.29, 1.82) is 5.41 Å². The van der Waals surface area contributed by atoms with Crippen molar-refractivity contribution in [3.8, 4) is 0 Å². The fraction of sp³-hybridized carbons (Fsp3) is 0.889. The Balaban J connectivity index is 3.04. The van der Waals surface area contributed by atoms with Gasteiger partial charge in [0.1, 0.15) is 0 Å². The highest BCUT2D eigenvalue weighted by Crippen LogP contribution is 2.12. The van der Waals surface area contributed by atoms with E-state index in [1.165, 1.54) is 31.9 Å². The summed E-state index contributed by atoms with van der Waals surface area (Å²) in [6.45, 7) is 4.53. The molecule has 0 bridgehead atoms. The highest BCUT2D eigenvalue weighted by Gasteiger charge is 1.98. The highest BCUT2D eigenvalue weighted by atomic mass is 14.3. The number of nitrogens with one attached hydrogen (secondary N) is 1. The van der Waals surface area contributed by atoms with Crippen LogP contribution in [0.5, 0.6) is 0 Å². The molecule has 1 heteroatoms. The van der Waals surface area contributed by atoms with E-state index in [1.54, 1.807) is 0 Å². The summed E-state index contributed by atoms with van der Waals surface area (Å²) >= 11 is 0. The largest absolute Gasteiger partial charge is 0.313 e. The Labute approximate surface area is 64.3 Å². The van der Waals surface area contributed by atoms with E-state index >= 15 is 0 Å². The third-order valence-corrected chi connectivity index (χ3v) is 1.83. The summed E-state index contributed by atoms with van der Waals surface area (Å²) in [6.07, 6.45) is 7.62. The summed E-state index contributed by atoms with van der Waals surface area (Å²) in [6, 6.07) is 0. The van der Waals surface area contributed by atoms with Crippen LogP contribution in [0.1, 0.15) is 46.0 Å². The molecular weight excluding hydrogens is 122 g/mol. The van der Waals surface area contributed by atoms with Gasteiger partial charge in [0.25, 0.3) is 0 Å². The van der Waals surface area contributed by atoms with Crippen LogP contribution in [0.15, 0.2) is 0 Å². The van der Waals surface area contributed by atoms with E-state index in [9.17, 15) is 0 Å². The molecule has 0 aliphatic carbocycles. The van der Waals surface area contributed by atoms with E-state index in [-0.39, 0.29) is 0 Å². The van der Waals surface area contributed by atoms with Crippen LogP contribution in [0.2, 0.25) is 0 Å². The first-order chi connectivity index (χ1) is 4.81. The average molecular weight is 141 g/mol. The van der Waals surface area contributed by atoms with Gasteiger partial charge in [-0.3, -0.25) is 0 Å². The van der Waals surface area contributed by atoms with Crippen molar-refractivity contribution in [1.82, 2.24) is 0 Å². The SMILES string of the molecule is CCCC(C)CCCC=N. The summed E-state index contributed by atoms with van der Waals surface area (Å²) in [5, 5.41) is 6.82. The molecule has 0 rings (SSSR count). The molecule has 1 N–H and O–H groups in total. The van der Waals surface area contributed by atoms with Crippen LogP contribution in [-0.4, -0.2) is 6.21 Å². The maximum absolute atomic E-state index is 6.82. The second-order valence-corrected chi connectivity index (χ2v) is 3.03. The number of unbranched alkanes of at least 4 members (excludes halogenated alkanes) is 1. The van der Waals surface area contributed by atoms with Crippen molar-refractivity contribution in [3.63, 3.8) is 0 Å². The Hall–Kier alpha value is -0.330. The molecule has 0 saturated carbocycles. The standard InChI is InChI=1S/C9H19N/c1-3-6-9(2)7-4-5-8-10/h8-10H,3-7H2,1-2H3. The molecule has 0 heterocycles. The predicted octanol–water partition coefficient (Wildman–Crippen LogP) is 3.24. The maximum Gasteiger partial charge on any atom is -0.00477 e. The van der Waals surface area contributed by atoms with Gasteiger partial charge in [-0.1, -0.05) is 33.1 Å². The van der Waals surface area contributed by atoms with Crippen molar-refractivity contribution >= 4 is 6.21 Å². The van der Waals surface area contributed by atoms with Crippen LogP contribution in [0.3, 0.4) is 0 Å². The molecule has 0 aromatic carbocycles. The van der Waals surface area contributed by atoms with Gasteiger partial charge < -0.3 is 5.41 Å². The molecule has 0 saturated heterocycles. The zero-order valence-electron chi connectivity index (χ0n) is 7.19. The highest BCUT2D eigenvalue weighted by molar-refractivity contribution is 5.52. The van der Waals surface area contributed by atoms with Crippen LogP contribution in [0.4, 0.5) is 0 Å². The minimum atomic E-state index is 0.866. The Morgan fingerprint density at radius 2 is 2.10 bits per heavy atom. The lowest BCUT2D eigenvalue weighted by Gasteiger charge is -2.07. The average Bonchev–Trinajstić information content (AvgIpc) is 1.89.